The van der Waals surface area contributed by atoms with Crippen LogP contribution in [0.2, 0.25) is 0 Å². The molecule has 0 bridgehead atoms. The molecule has 6 heteroatoms. The minimum Gasteiger partial charge on any atom is -0.327 e. The lowest BCUT2D eigenvalue weighted by molar-refractivity contribution is -0.117. The molecule has 1 N–H and O–H groups in total. The van der Waals surface area contributed by atoms with Crippen molar-refractivity contribution in [3.8, 4) is 0 Å². The van der Waals surface area contributed by atoms with E-state index < -0.39 is 0 Å². The average molecular weight is 402 g/mol. The summed E-state index contributed by atoms with van der Waals surface area (Å²) >= 11 is 1.42. The summed E-state index contributed by atoms with van der Waals surface area (Å²) in [5.74, 6) is -0.359. The van der Waals surface area contributed by atoms with Crippen molar-refractivity contribution in [1.82, 2.24) is 9.88 Å². The highest BCUT2D eigenvalue weighted by Gasteiger charge is 2.22. The summed E-state index contributed by atoms with van der Waals surface area (Å²) in [6, 6.07) is 7.71. The molecule has 0 aliphatic rings. The fourth-order valence-electron chi connectivity index (χ4n) is 2.95. The SMILES string of the molecule is CCCCCCc1ccc(C(=O)N(CC(=O)Nc2ncc(C)s2)C(C)C)cc1. The number of rotatable bonds is 10. The number of aryl methyl sites for hydroxylation is 2. The van der Waals surface area contributed by atoms with Gasteiger partial charge < -0.3 is 10.2 Å². The Morgan fingerprint density at radius 2 is 1.86 bits per heavy atom. The summed E-state index contributed by atoms with van der Waals surface area (Å²) in [4.78, 5) is 32.0. The van der Waals surface area contributed by atoms with Crippen LogP contribution in [0.4, 0.5) is 5.13 Å². The third-order valence-corrected chi connectivity index (χ3v) is 5.41. The van der Waals surface area contributed by atoms with E-state index in [2.05, 4.69) is 17.2 Å². The number of thiazole rings is 1. The minimum absolute atomic E-state index is 0.00783. The summed E-state index contributed by atoms with van der Waals surface area (Å²) in [5.41, 5.74) is 1.87. The van der Waals surface area contributed by atoms with Gasteiger partial charge in [0.1, 0.15) is 6.54 Å². The lowest BCUT2D eigenvalue weighted by Crippen LogP contribution is -2.42. The normalized spacial score (nSPS) is 10.9. The number of aromatic nitrogens is 1. The summed E-state index contributed by atoms with van der Waals surface area (Å²) in [5, 5.41) is 3.33. The van der Waals surface area contributed by atoms with Gasteiger partial charge in [0, 0.05) is 22.7 Å². The van der Waals surface area contributed by atoms with Crippen molar-refractivity contribution in [3.63, 3.8) is 0 Å². The second-order valence-electron chi connectivity index (χ2n) is 7.36. The standard InChI is InChI=1S/C22H31N3O2S/c1-5-6-7-8-9-18-10-12-19(13-11-18)21(27)25(16(2)3)15-20(26)24-22-23-14-17(4)28-22/h10-14,16H,5-9,15H2,1-4H3,(H,23,24,26). The predicted octanol–water partition coefficient (Wildman–Crippen LogP) is 5.06. The third-order valence-electron chi connectivity index (χ3n) is 4.59. The van der Waals surface area contributed by atoms with E-state index in [0.29, 0.717) is 10.7 Å². The third kappa shape index (κ3) is 6.75. The van der Waals surface area contributed by atoms with E-state index in [-0.39, 0.29) is 24.4 Å². The van der Waals surface area contributed by atoms with Crippen LogP contribution >= 0.6 is 11.3 Å². The zero-order valence-corrected chi connectivity index (χ0v) is 18.1. The highest BCUT2D eigenvalue weighted by Crippen LogP contribution is 2.17. The molecule has 0 aliphatic carbocycles. The van der Waals surface area contributed by atoms with E-state index >= 15 is 0 Å². The Morgan fingerprint density at radius 1 is 1.14 bits per heavy atom. The minimum atomic E-state index is -0.232. The molecule has 5 nitrogen and oxygen atoms in total. The Labute approximate surface area is 172 Å². The quantitative estimate of drug-likeness (QED) is 0.566. The number of amides is 2. The van der Waals surface area contributed by atoms with Crippen molar-refractivity contribution in [2.75, 3.05) is 11.9 Å². The second-order valence-corrected chi connectivity index (χ2v) is 8.59. The molecule has 152 valence electrons. The maximum atomic E-state index is 12.9. The van der Waals surface area contributed by atoms with Crippen LogP contribution < -0.4 is 5.32 Å². The molecule has 0 aliphatic heterocycles. The Hall–Kier alpha value is -2.21. The predicted molar refractivity (Wildman–Crippen MR) is 116 cm³/mol. The van der Waals surface area contributed by atoms with E-state index in [1.54, 1.807) is 11.1 Å². The topological polar surface area (TPSA) is 62.3 Å². The first-order valence-corrected chi connectivity index (χ1v) is 10.8. The molecule has 2 amide bonds. The Balaban J connectivity index is 1.96. The first-order chi connectivity index (χ1) is 13.4. The largest absolute Gasteiger partial charge is 0.327 e. The number of unbranched alkanes of at least 4 members (excludes halogenated alkanes) is 3. The molecule has 0 fully saturated rings. The van der Waals surface area contributed by atoms with Crippen LogP contribution in [0.25, 0.3) is 0 Å². The molecule has 28 heavy (non-hydrogen) atoms. The van der Waals surface area contributed by atoms with Crippen LogP contribution in [0.15, 0.2) is 30.5 Å². The Morgan fingerprint density at radius 3 is 2.43 bits per heavy atom. The summed E-state index contributed by atoms with van der Waals surface area (Å²) < 4.78 is 0. The van der Waals surface area contributed by atoms with Gasteiger partial charge >= 0.3 is 0 Å². The van der Waals surface area contributed by atoms with Gasteiger partial charge in [-0.25, -0.2) is 4.98 Å². The summed E-state index contributed by atoms with van der Waals surface area (Å²) in [6.07, 6.45) is 7.67. The number of benzene rings is 1. The van der Waals surface area contributed by atoms with Gasteiger partial charge in [0.25, 0.3) is 5.91 Å². The molecule has 0 saturated heterocycles. The molecule has 2 aromatic rings. The van der Waals surface area contributed by atoms with E-state index in [1.165, 1.54) is 42.6 Å². The molecule has 0 atom stereocenters. The molecule has 1 aromatic heterocycles. The van der Waals surface area contributed by atoms with Gasteiger partial charge in [0.05, 0.1) is 0 Å². The van der Waals surface area contributed by atoms with Gasteiger partial charge in [-0.1, -0.05) is 38.3 Å². The molecule has 0 unspecified atom stereocenters. The van der Waals surface area contributed by atoms with E-state index in [9.17, 15) is 9.59 Å². The molecule has 0 spiro atoms. The zero-order chi connectivity index (χ0) is 20.5. The molecule has 0 radical (unpaired) electrons. The van der Waals surface area contributed by atoms with Crippen LogP contribution in [0.1, 0.15) is 67.3 Å². The summed E-state index contributed by atoms with van der Waals surface area (Å²) in [7, 11) is 0. The van der Waals surface area contributed by atoms with Gasteiger partial charge in [0.2, 0.25) is 5.91 Å². The Kier molecular flexibility index (Phi) is 8.64. The second kappa shape index (κ2) is 11.0. The van der Waals surface area contributed by atoms with E-state index in [4.69, 9.17) is 0 Å². The van der Waals surface area contributed by atoms with Crippen molar-refractivity contribution in [3.05, 3.63) is 46.5 Å². The zero-order valence-electron chi connectivity index (χ0n) is 17.3. The lowest BCUT2D eigenvalue weighted by atomic mass is 10.0. The highest BCUT2D eigenvalue weighted by atomic mass is 32.1. The number of hydrogen-bond donors (Lipinski definition) is 1. The number of hydrogen-bond acceptors (Lipinski definition) is 4. The highest BCUT2D eigenvalue weighted by molar-refractivity contribution is 7.15. The monoisotopic (exact) mass is 401 g/mol. The summed E-state index contributed by atoms with van der Waals surface area (Å²) in [6.45, 7) is 7.99. The van der Waals surface area contributed by atoms with E-state index in [0.717, 1.165) is 11.3 Å². The maximum absolute atomic E-state index is 12.9. The molecular weight excluding hydrogens is 370 g/mol. The first kappa shape index (κ1) is 22.1. The molecule has 0 saturated carbocycles. The molecular formula is C22H31N3O2S. The molecule has 2 rings (SSSR count). The lowest BCUT2D eigenvalue weighted by Gasteiger charge is -2.26. The molecule has 1 heterocycles. The average Bonchev–Trinajstić information content (AvgIpc) is 3.07. The number of anilines is 1. The van der Waals surface area contributed by atoms with E-state index in [1.807, 2.05) is 45.0 Å². The maximum Gasteiger partial charge on any atom is 0.254 e. The van der Waals surface area contributed by atoms with Crippen LogP contribution in [0.5, 0.6) is 0 Å². The number of carbonyl (C=O) groups excluding carboxylic acids is 2. The first-order valence-electron chi connectivity index (χ1n) is 10.0. The number of nitrogens with zero attached hydrogens (tertiary/aromatic N) is 2. The van der Waals surface area contributed by atoms with Gasteiger partial charge in [-0.2, -0.15) is 0 Å². The fourth-order valence-corrected chi connectivity index (χ4v) is 3.63. The van der Waals surface area contributed by atoms with Crippen LogP contribution in [0, 0.1) is 6.92 Å². The van der Waals surface area contributed by atoms with Crippen LogP contribution in [0.3, 0.4) is 0 Å². The number of carbonyl (C=O) groups is 2. The van der Waals surface area contributed by atoms with Crippen molar-refractivity contribution in [1.29, 1.82) is 0 Å². The van der Waals surface area contributed by atoms with Gasteiger partial charge in [-0.3, -0.25) is 9.59 Å². The van der Waals surface area contributed by atoms with Crippen molar-refractivity contribution in [2.45, 2.75) is 65.8 Å². The number of nitrogens with one attached hydrogen (secondary N) is 1. The molecule has 1 aromatic carbocycles. The smallest absolute Gasteiger partial charge is 0.254 e. The van der Waals surface area contributed by atoms with Crippen molar-refractivity contribution < 1.29 is 9.59 Å². The van der Waals surface area contributed by atoms with Crippen LogP contribution in [-0.2, 0) is 11.2 Å². The van der Waals surface area contributed by atoms with Gasteiger partial charge in [0.15, 0.2) is 5.13 Å². The van der Waals surface area contributed by atoms with Gasteiger partial charge in [-0.05, 0) is 51.3 Å². The fraction of sp³-hybridized carbons (Fsp3) is 0.500. The Bertz CT molecular complexity index is 768. The van der Waals surface area contributed by atoms with Gasteiger partial charge in [-0.15, -0.1) is 11.3 Å². The van der Waals surface area contributed by atoms with Crippen LogP contribution in [-0.4, -0.2) is 34.3 Å². The van der Waals surface area contributed by atoms with Crippen molar-refractivity contribution in [2.24, 2.45) is 0 Å². The van der Waals surface area contributed by atoms with Crippen molar-refractivity contribution >= 4 is 28.3 Å².